The predicted octanol–water partition coefficient (Wildman–Crippen LogP) is 1.58. The second-order valence-electron chi connectivity index (χ2n) is 3.37. The molecule has 0 aliphatic rings. The summed E-state index contributed by atoms with van der Waals surface area (Å²) >= 11 is 0. The molecule has 6 nitrogen and oxygen atoms in total. The molecule has 0 radical (unpaired) electrons. The van der Waals surface area contributed by atoms with Gasteiger partial charge in [0.05, 0.1) is 17.6 Å². The van der Waals surface area contributed by atoms with Crippen molar-refractivity contribution in [3.05, 3.63) is 17.6 Å². The maximum Gasteiger partial charge on any atom is 0.315 e. The molecule has 0 saturated carbocycles. The lowest BCUT2D eigenvalue weighted by Gasteiger charge is -1.99. The van der Waals surface area contributed by atoms with Gasteiger partial charge in [0.1, 0.15) is 5.69 Å². The van der Waals surface area contributed by atoms with Crippen molar-refractivity contribution >= 4 is 6.01 Å². The molecule has 16 heavy (non-hydrogen) atoms. The van der Waals surface area contributed by atoms with Gasteiger partial charge < -0.3 is 9.73 Å². The number of rotatable bonds is 3. The second kappa shape index (κ2) is 4.26. The quantitative estimate of drug-likeness (QED) is 0.844. The Morgan fingerprint density at radius 3 is 2.75 bits per heavy atom. The van der Waals surface area contributed by atoms with E-state index in [1.54, 1.807) is 6.20 Å². The summed E-state index contributed by atoms with van der Waals surface area (Å²) in [6.07, 6.45) is 1.63. The fraction of sp³-hybridized carbons (Fsp3) is 0.400. The minimum atomic E-state index is 0.381. The zero-order chi connectivity index (χ0) is 11.5. The monoisotopic (exact) mass is 219 g/mol. The summed E-state index contributed by atoms with van der Waals surface area (Å²) in [7, 11) is 0. The van der Waals surface area contributed by atoms with Crippen LogP contribution in [0.25, 0.3) is 11.6 Å². The first-order valence-electron chi connectivity index (χ1n) is 5.08. The third kappa shape index (κ3) is 2.00. The number of nitrogens with zero attached hydrogens (tertiary/aromatic N) is 4. The summed E-state index contributed by atoms with van der Waals surface area (Å²) in [6, 6.07) is 0.400. The highest BCUT2D eigenvalue weighted by atomic mass is 16.4. The number of hydrogen-bond acceptors (Lipinski definition) is 6. The van der Waals surface area contributed by atoms with Crippen LogP contribution in [0.2, 0.25) is 0 Å². The van der Waals surface area contributed by atoms with Crippen molar-refractivity contribution in [1.29, 1.82) is 0 Å². The molecule has 1 N–H and O–H groups in total. The molecule has 2 heterocycles. The van der Waals surface area contributed by atoms with Crippen LogP contribution < -0.4 is 5.32 Å². The first kappa shape index (κ1) is 10.5. The van der Waals surface area contributed by atoms with Gasteiger partial charge in [-0.15, -0.1) is 5.10 Å². The molecule has 0 atom stereocenters. The van der Waals surface area contributed by atoms with Crippen molar-refractivity contribution in [2.24, 2.45) is 0 Å². The Labute approximate surface area is 93.1 Å². The molecule has 0 saturated heterocycles. The number of aryl methyl sites for hydroxylation is 2. The third-order valence-electron chi connectivity index (χ3n) is 2.16. The van der Waals surface area contributed by atoms with Crippen LogP contribution >= 0.6 is 0 Å². The van der Waals surface area contributed by atoms with E-state index in [1.165, 1.54) is 0 Å². The van der Waals surface area contributed by atoms with E-state index in [-0.39, 0.29) is 0 Å². The maximum atomic E-state index is 5.37. The van der Waals surface area contributed by atoms with Gasteiger partial charge in [-0.1, -0.05) is 5.10 Å². The molecule has 0 aliphatic carbocycles. The normalized spacial score (nSPS) is 10.4. The molecule has 0 fully saturated rings. The van der Waals surface area contributed by atoms with Crippen LogP contribution in [0.5, 0.6) is 0 Å². The van der Waals surface area contributed by atoms with Crippen molar-refractivity contribution in [2.75, 3.05) is 11.9 Å². The van der Waals surface area contributed by atoms with E-state index < -0.39 is 0 Å². The van der Waals surface area contributed by atoms with Crippen LogP contribution in [0, 0.1) is 13.8 Å². The van der Waals surface area contributed by atoms with Gasteiger partial charge in [-0.25, -0.2) is 4.98 Å². The summed E-state index contributed by atoms with van der Waals surface area (Å²) < 4.78 is 5.37. The van der Waals surface area contributed by atoms with Crippen molar-refractivity contribution in [1.82, 2.24) is 20.2 Å². The topological polar surface area (TPSA) is 76.7 Å². The molecule has 2 rings (SSSR count). The standard InChI is InChI=1S/C10H13N5O/c1-4-11-10-15-14-9(16-10)8-5-12-6(2)7(3)13-8/h5H,4H2,1-3H3,(H,11,15). The van der Waals surface area contributed by atoms with E-state index >= 15 is 0 Å². The average Bonchev–Trinajstić information content (AvgIpc) is 2.71. The first-order valence-corrected chi connectivity index (χ1v) is 5.08. The lowest BCUT2D eigenvalue weighted by molar-refractivity contribution is 0.579. The number of nitrogens with one attached hydrogen (secondary N) is 1. The summed E-state index contributed by atoms with van der Waals surface area (Å²) in [4.78, 5) is 8.53. The van der Waals surface area contributed by atoms with Crippen molar-refractivity contribution < 1.29 is 4.42 Å². The van der Waals surface area contributed by atoms with Crippen LogP contribution in [0.3, 0.4) is 0 Å². The zero-order valence-electron chi connectivity index (χ0n) is 9.48. The molecule has 84 valence electrons. The smallest absolute Gasteiger partial charge is 0.315 e. The highest BCUT2D eigenvalue weighted by Gasteiger charge is 2.10. The fourth-order valence-electron chi connectivity index (χ4n) is 1.19. The molecule has 0 unspecified atom stereocenters. The highest BCUT2D eigenvalue weighted by Crippen LogP contribution is 2.17. The Kier molecular flexibility index (Phi) is 2.80. The summed E-state index contributed by atoms with van der Waals surface area (Å²) in [5.41, 5.74) is 2.36. The van der Waals surface area contributed by atoms with Crippen molar-refractivity contribution in [3.63, 3.8) is 0 Å². The molecule has 0 spiro atoms. The van der Waals surface area contributed by atoms with E-state index in [2.05, 4.69) is 25.5 Å². The molecule has 2 aromatic rings. The Morgan fingerprint density at radius 2 is 2.06 bits per heavy atom. The molecular weight excluding hydrogens is 206 g/mol. The van der Waals surface area contributed by atoms with Crippen LogP contribution in [0.4, 0.5) is 6.01 Å². The predicted molar refractivity (Wildman–Crippen MR) is 59.0 cm³/mol. The van der Waals surface area contributed by atoms with Gasteiger partial charge in [-0.05, 0) is 20.8 Å². The first-order chi connectivity index (χ1) is 7.70. The van der Waals surface area contributed by atoms with Gasteiger partial charge in [0.25, 0.3) is 5.89 Å². The number of hydrogen-bond donors (Lipinski definition) is 1. The summed E-state index contributed by atoms with van der Waals surface area (Å²) in [5, 5.41) is 10.7. The Morgan fingerprint density at radius 1 is 1.25 bits per heavy atom. The molecule has 0 aromatic carbocycles. The van der Waals surface area contributed by atoms with Gasteiger partial charge in [-0.2, -0.15) is 0 Å². The van der Waals surface area contributed by atoms with Gasteiger partial charge in [-0.3, -0.25) is 4.98 Å². The fourth-order valence-corrected chi connectivity index (χ4v) is 1.19. The average molecular weight is 219 g/mol. The Hall–Kier alpha value is -1.98. The van der Waals surface area contributed by atoms with Gasteiger partial charge in [0.2, 0.25) is 0 Å². The summed E-state index contributed by atoms with van der Waals surface area (Å²) in [5.74, 6) is 0.381. The van der Waals surface area contributed by atoms with Crippen LogP contribution in [0.15, 0.2) is 10.6 Å². The lowest BCUT2D eigenvalue weighted by atomic mass is 10.3. The van der Waals surface area contributed by atoms with Crippen LogP contribution in [-0.2, 0) is 0 Å². The van der Waals surface area contributed by atoms with E-state index in [1.807, 2.05) is 20.8 Å². The molecule has 6 heteroatoms. The number of aromatic nitrogens is 4. The molecule has 0 amide bonds. The van der Waals surface area contributed by atoms with Crippen LogP contribution in [0.1, 0.15) is 18.3 Å². The van der Waals surface area contributed by atoms with E-state index in [0.29, 0.717) is 17.6 Å². The van der Waals surface area contributed by atoms with E-state index in [4.69, 9.17) is 4.42 Å². The molecular formula is C10H13N5O. The zero-order valence-corrected chi connectivity index (χ0v) is 9.48. The second-order valence-corrected chi connectivity index (χ2v) is 3.37. The molecule has 2 aromatic heterocycles. The van der Waals surface area contributed by atoms with Gasteiger partial charge in [0.15, 0.2) is 0 Å². The molecule has 0 bridgehead atoms. The van der Waals surface area contributed by atoms with Gasteiger partial charge in [0, 0.05) is 6.54 Å². The maximum absolute atomic E-state index is 5.37. The Balaban J connectivity index is 2.31. The lowest BCUT2D eigenvalue weighted by Crippen LogP contribution is -1.95. The van der Waals surface area contributed by atoms with Gasteiger partial charge >= 0.3 is 6.01 Å². The minimum absolute atomic E-state index is 0.381. The van der Waals surface area contributed by atoms with E-state index in [0.717, 1.165) is 17.9 Å². The van der Waals surface area contributed by atoms with Crippen LogP contribution in [-0.4, -0.2) is 26.7 Å². The van der Waals surface area contributed by atoms with Crippen molar-refractivity contribution in [2.45, 2.75) is 20.8 Å². The molecule has 0 aliphatic heterocycles. The minimum Gasteiger partial charge on any atom is -0.402 e. The SMILES string of the molecule is CCNc1nnc(-c2cnc(C)c(C)n2)o1. The third-order valence-corrected chi connectivity index (χ3v) is 2.16. The number of anilines is 1. The highest BCUT2D eigenvalue weighted by molar-refractivity contribution is 5.46. The summed E-state index contributed by atoms with van der Waals surface area (Å²) in [6.45, 7) is 6.50. The Bertz CT molecular complexity index is 494. The largest absolute Gasteiger partial charge is 0.402 e. The van der Waals surface area contributed by atoms with E-state index in [9.17, 15) is 0 Å². The van der Waals surface area contributed by atoms with Crippen molar-refractivity contribution in [3.8, 4) is 11.6 Å².